The minimum Gasteiger partial charge on any atom is -0.495 e. The molecule has 0 spiro atoms. The molecule has 1 heterocycles. The van der Waals surface area contributed by atoms with Crippen LogP contribution in [0, 0.1) is 11.5 Å². The third-order valence-corrected chi connectivity index (χ3v) is 7.49. The summed E-state index contributed by atoms with van der Waals surface area (Å²) in [6.07, 6.45) is 2.66. The van der Waals surface area contributed by atoms with Gasteiger partial charge in [0, 0.05) is 35.2 Å². The normalized spacial score (nSPS) is 17.0. The van der Waals surface area contributed by atoms with Gasteiger partial charge < -0.3 is 9.64 Å². The molecule has 2 aromatic rings. The Morgan fingerprint density at radius 1 is 1.36 bits per heavy atom. The van der Waals surface area contributed by atoms with Crippen molar-refractivity contribution < 1.29 is 13.2 Å². The molecule has 1 saturated heterocycles. The molecule has 1 fully saturated rings. The third kappa shape index (κ3) is 4.28. The van der Waals surface area contributed by atoms with Crippen LogP contribution in [0.25, 0.3) is 0 Å². The van der Waals surface area contributed by atoms with Crippen molar-refractivity contribution in [3.8, 4) is 11.9 Å². The lowest BCUT2D eigenvalue weighted by Gasteiger charge is -2.29. The first-order valence-corrected chi connectivity index (χ1v) is 11.2. The second-order valence-corrected chi connectivity index (χ2v) is 9.61. The Kier molecular flexibility index (Phi) is 6.50. The smallest absolute Gasteiger partial charge is 0.247 e. The maximum atomic E-state index is 13.6. The number of likely N-dealkylation sites (tertiary alicyclic amines) is 1. The highest BCUT2D eigenvalue weighted by Crippen LogP contribution is 2.34. The van der Waals surface area contributed by atoms with Crippen LogP contribution in [-0.4, -0.2) is 43.9 Å². The number of methoxy groups -OCH3 is 1. The summed E-state index contributed by atoms with van der Waals surface area (Å²) in [6.45, 7) is 0.976. The summed E-state index contributed by atoms with van der Waals surface area (Å²) in [5, 5.41) is 9.70. The van der Waals surface area contributed by atoms with E-state index in [-0.39, 0.29) is 23.2 Å². The second-order valence-electron chi connectivity index (χ2n) is 6.43. The largest absolute Gasteiger partial charge is 0.495 e. The Morgan fingerprint density at radius 2 is 2.11 bits per heavy atom. The van der Waals surface area contributed by atoms with E-state index in [0.29, 0.717) is 34.6 Å². The van der Waals surface area contributed by atoms with Gasteiger partial charge in [0.05, 0.1) is 7.11 Å². The van der Waals surface area contributed by atoms with Gasteiger partial charge in [0.1, 0.15) is 10.6 Å². The van der Waals surface area contributed by atoms with E-state index in [0.717, 1.165) is 0 Å². The van der Waals surface area contributed by atoms with E-state index in [1.807, 2.05) is 6.07 Å². The van der Waals surface area contributed by atoms with Crippen molar-refractivity contribution in [2.45, 2.75) is 23.9 Å². The van der Waals surface area contributed by atoms with Gasteiger partial charge in [-0.2, -0.15) is 9.57 Å². The molecule has 2 aromatic carbocycles. The number of benzene rings is 2. The van der Waals surface area contributed by atoms with Crippen LogP contribution in [0.2, 0.25) is 5.02 Å². The molecule has 28 heavy (non-hydrogen) atoms. The van der Waals surface area contributed by atoms with Gasteiger partial charge in [-0.3, -0.25) is 0 Å². The molecule has 0 aliphatic carbocycles. The Bertz CT molecular complexity index is 1010. The minimum atomic E-state index is -3.91. The molecule has 6 nitrogen and oxygen atoms in total. The Balaban J connectivity index is 2.07. The highest BCUT2D eigenvalue weighted by Gasteiger charge is 2.37. The van der Waals surface area contributed by atoms with Gasteiger partial charge in [-0.05, 0) is 36.2 Å². The lowest BCUT2D eigenvalue weighted by atomic mass is 10.2. The number of nitriles is 1. The van der Waals surface area contributed by atoms with Crippen molar-refractivity contribution in [2.24, 2.45) is 0 Å². The fraction of sp³-hybridized carbons (Fsp3) is 0.316. The van der Waals surface area contributed by atoms with Gasteiger partial charge in [0.25, 0.3) is 0 Å². The molecule has 148 valence electrons. The Labute approximate surface area is 178 Å². The molecule has 0 saturated carbocycles. The zero-order chi connectivity index (χ0) is 20.3. The SMILES string of the molecule is COc1ccc(Br)cc1S(=O)(=O)N(Cc1ccccc1Cl)C1CCN(C#N)C1. The van der Waals surface area contributed by atoms with Gasteiger partial charge in [0.15, 0.2) is 6.19 Å². The molecule has 1 aliphatic heterocycles. The van der Waals surface area contributed by atoms with Crippen molar-refractivity contribution in [1.82, 2.24) is 9.21 Å². The molecule has 0 amide bonds. The van der Waals surface area contributed by atoms with Gasteiger partial charge in [0.2, 0.25) is 10.0 Å². The van der Waals surface area contributed by atoms with E-state index in [1.165, 1.54) is 17.5 Å². The summed E-state index contributed by atoms with van der Waals surface area (Å²) in [6, 6.07) is 11.7. The third-order valence-electron chi connectivity index (χ3n) is 4.71. The van der Waals surface area contributed by atoms with Crippen LogP contribution in [0.15, 0.2) is 51.8 Å². The molecular weight excluding hydrogens is 466 g/mol. The minimum absolute atomic E-state index is 0.0758. The number of hydrogen-bond acceptors (Lipinski definition) is 5. The Morgan fingerprint density at radius 3 is 2.75 bits per heavy atom. The van der Waals surface area contributed by atoms with Crippen molar-refractivity contribution in [3.63, 3.8) is 0 Å². The van der Waals surface area contributed by atoms with E-state index in [1.54, 1.807) is 35.2 Å². The van der Waals surface area contributed by atoms with Crippen molar-refractivity contribution in [1.29, 1.82) is 5.26 Å². The fourth-order valence-corrected chi connectivity index (χ4v) is 5.77. The number of sulfonamides is 1. The summed E-state index contributed by atoms with van der Waals surface area (Å²) < 4.78 is 34.6. The average molecular weight is 485 g/mol. The fourth-order valence-electron chi connectivity index (χ4n) is 3.25. The summed E-state index contributed by atoms with van der Waals surface area (Å²) in [7, 11) is -2.47. The maximum Gasteiger partial charge on any atom is 0.247 e. The zero-order valence-electron chi connectivity index (χ0n) is 15.2. The van der Waals surface area contributed by atoms with E-state index >= 15 is 0 Å². The van der Waals surface area contributed by atoms with Gasteiger partial charge in [-0.25, -0.2) is 8.42 Å². The Hall–Kier alpha value is -1.79. The number of halogens is 2. The van der Waals surface area contributed by atoms with Crippen molar-refractivity contribution >= 4 is 37.6 Å². The molecule has 0 bridgehead atoms. The van der Waals surface area contributed by atoms with Gasteiger partial charge in [-0.15, -0.1) is 0 Å². The lowest BCUT2D eigenvalue weighted by Crippen LogP contribution is -2.41. The summed E-state index contributed by atoms with van der Waals surface area (Å²) >= 11 is 9.63. The topological polar surface area (TPSA) is 73.6 Å². The van der Waals surface area contributed by atoms with Crippen LogP contribution in [0.4, 0.5) is 0 Å². The number of rotatable bonds is 6. The maximum absolute atomic E-state index is 13.6. The molecular formula is C19H19BrClN3O3S. The first-order chi connectivity index (χ1) is 13.4. The molecule has 0 N–H and O–H groups in total. The average Bonchev–Trinajstić information content (AvgIpc) is 3.16. The van der Waals surface area contributed by atoms with E-state index in [2.05, 4.69) is 22.1 Å². The predicted molar refractivity (Wildman–Crippen MR) is 110 cm³/mol. The number of hydrogen-bond donors (Lipinski definition) is 0. The molecule has 1 unspecified atom stereocenters. The summed E-state index contributed by atoms with van der Waals surface area (Å²) in [5.41, 5.74) is 0.706. The van der Waals surface area contributed by atoms with Gasteiger partial charge >= 0.3 is 0 Å². The van der Waals surface area contributed by atoms with E-state index in [9.17, 15) is 13.7 Å². The quantitative estimate of drug-likeness (QED) is 0.582. The van der Waals surface area contributed by atoms with Crippen LogP contribution in [0.1, 0.15) is 12.0 Å². The molecule has 0 radical (unpaired) electrons. The summed E-state index contributed by atoms with van der Waals surface area (Å²) in [4.78, 5) is 1.64. The van der Waals surface area contributed by atoms with E-state index in [4.69, 9.17) is 16.3 Å². The zero-order valence-corrected chi connectivity index (χ0v) is 18.3. The highest BCUT2D eigenvalue weighted by molar-refractivity contribution is 9.10. The van der Waals surface area contributed by atoms with Crippen LogP contribution in [-0.2, 0) is 16.6 Å². The predicted octanol–water partition coefficient (Wildman–Crippen LogP) is 3.86. The molecule has 0 aromatic heterocycles. The van der Waals surface area contributed by atoms with E-state index < -0.39 is 10.0 Å². The highest BCUT2D eigenvalue weighted by atomic mass is 79.9. The molecule has 3 rings (SSSR count). The molecule has 1 atom stereocenters. The van der Waals surface area contributed by atoms with Crippen molar-refractivity contribution in [3.05, 3.63) is 57.5 Å². The van der Waals surface area contributed by atoms with Crippen LogP contribution >= 0.6 is 27.5 Å². The lowest BCUT2D eigenvalue weighted by molar-refractivity contribution is 0.312. The first-order valence-electron chi connectivity index (χ1n) is 8.60. The summed E-state index contributed by atoms with van der Waals surface area (Å²) in [5.74, 6) is 0.266. The van der Waals surface area contributed by atoms with Crippen LogP contribution in [0.5, 0.6) is 5.75 Å². The second kappa shape index (κ2) is 8.70. The molecule has 1 aliphatic rings. The van der Waals surface area contributed by atoms with Gasteiger partial charge in [-0.1, -0.05) is 45.7 Å². The van der Waals surface area contributed by atoms with Crippen LogP contribution in [0.3, 0.4) is 0 Å². The first kappa shape index (κ1) is 20.9. The number of nitrogens with zero attached hydrogens (tertiary/aromatic N) is 3. The number of ether oxygens (including phenoxy) is 1. The standard InChI is InChI=1S/C19H19BrClN3O3S/c1-27-18-7-6-15(20)10-19(18)28(25,26)24(16-8-9-23(12-16)13-22)11-14-4-2-3-5-17(14)21/h2-7,10,16H,8-9,11-12H2,1H3. The monoisotopic (exact) mass is 483 g/mol. The molecule has 9 heteroatoms. The van der Waals surface area contributed by atoms with Crippen LogP contribution < -0.4 is 4.74 Å². The van der Waals surface area contributed by atoms with Crippen molar-refractivity contribution in [2.75, 3.05) is 20.2 Å².